The quantitative estimate of drug-likeness (QED) is 0.914. The van der Waals surface area contributed by atoms with E-state index in [-0.39, 0.29) is 13.1 Å². The molecule has 1 unspecified atom stereocenters. The smallest absolute Gasteiger partial charge is 0.471 e. The van der Waals surface area contributed by atoms with Gasteiger partial charge < -0.3 is 15.0 Å². The Hall–Kier alpha value is -2.25. The third-order valence-electron chi connectivity index (χ3n) is 3.77. The molecule has 1 aliphatic rings. The molecule has 0 bridgehead atoms. The van der Waals surface area contributed by atoms with Crippen LogP contribution in [-0.4, -0.2) is 42.6 Å². The van der Waals surface area contributed by atoms with E-state index in [0.29, 0.717) is 35.8 Å². The van der Waals surface area contributed by atoms with Crippen LogP contribution >= 0.6 is 0 Å². The van der Waals surface area contributed by atoms with Crippen LogP contribution in [0.2, 0.25) is 0 Å². The summed E-state index contributed by atoms with van der Waals surface area (Å²) in [5.41, 5.74) is 0.462. The highest BCUT2D eigenvalue weighted by Gasteiger charge is 2.44. The molecule has 0 saturated carbocycles. The van der Waals surface area contributed by atoms with E-state index >= 15 is 0 Å². The molecule has 0 aliphatic carbocycles. The summed E-state index contributed by atoms with van der Waals surface area (Å²) in [6.07, 6.45) is -4.13. The number of para-hydroxylation sites is 2. The Morgan fingerprint density at radius 3 is 2.71 bits per heavy atom. The highest BCUT2D eigenvalue weighted by molar-refractivity contribution is 5.94. The van der Waals surface area contributed by atoms with Crippen LogP contribution in [0.4, 0.5) is 18.9 Å². The van der Waals surface area contributed by atoms with Crippen molar-refractivity contribution < 1.29 is 27.5 Å². The molecule has 0 radical (unpaired) electrons. The van der Waals surface area contributed by atoms with Crippen molar-refractivity contribution in [1.29, 1.82) is 0 Å². The molecule has 0 aromatic heterocycles. The van der Waals surface area contributed by atoms with Gasteiger partial charge in [0.1, 0.15) is 5.75 Å². The zero-order valence-corrected chi connectivity index (χ0v) is 13.2. The molecule has 2 amide bonds. The van der Waals surface area contributed by atoms with Gasteiger partial charge in [-0.15, -0.1) is 0 Å². The maximum absolute atomic E-state index is 12.5. The van der Waals surface area contributed by atoms with E-state index < -0.39 is 23.9 Å². The molecule has 1 aromatic carbocycles. The van der Waals surface area contributed by atoms with Gasteiger partial charge in [-0.05, 0) is 31.9 Å². The lowest BCUT2D eigenvalue weighted by Gasteiger charge is -2.32. The maximum atomic E-state index is 12.5. The number of carbonyl (C=O) groups excluding carboxylic acids is 2. The predicted octanol–water partition coefficient (Wildman–Crippen LogP) is 2.82. The summed E-state index contributed by atoms with van der Waals surface area (Å²) in [5, 5.41) is 2.68. The van der Waals surface area contributed by atoms with Crippen LogP contribution < -0.4 is 10.1 Å². The number of alkyl halides is 3. The number of carbonyl (C=O) groups is 2. The second kappa shape index (κ2) is 7.55. The Morgan fingerprint density at radius 1 is 1.33 bits per heavy atom. The summed E-state index contributed by atoms with van der Waals surface area (Å²) in [6.45, 7) is 2.00. The maximum Gasteiger partial charge on any atom is 0.471 e. The Bertz CT molecular complexity index is 604. The van der Waals surface area contributed by atoms with E-state index in [1.165, 1.54) is 0 Å². The van der Waals surface area contributed by atoms with E-state index in [1.54, 1.807) is 31.2 Å². The SMILES string of the molecule is CCOc1ccccc1NC(=O)C1CCCN(C(=O)C(F)(F)F)C1. The van der Waals surface area contributed by atoms with Gasteiger partial charge >= 0.3 is 12.1 Å². The lowest BCUT2D eigenvalue weighted by atomic mass is 9.97. The van der Waals surface area contributed by atoms with Gasteiger partial charge in [0.15, 0.2) is 0 Å². The third kappa shape index (κ3) is 4.39. The second-order valence-electron chi connectivity index (χ2n) is 5.51. The average molecular weight is 344 g/mol. The fourth-order valence-electron chi connectivity index (χ4n) is 2.64. The number of piperidine rings is 1. The largest absolute Gasteiger partial charge is 0.492 e. The highest BCUT2D eigenvalue weighted by Crippen LogP contribution is 2.27. The van der Waals surface area contributed by atoms with Gasteiger partial charge in [0.05, 0.1) is 18.2 Å². The Morgan fingerprint density at radius 2 is 2.04 bits per heavy atom. The van der Waals surface area contributed by atoms with Crippen molar-refractivity contribution in [3.63, 3.8) is 0 Å². The normalized spacial score (nSPS) is 18.2. The minimum Gasteiger partial charge on any atom is -0.492 e. The molecule has 1 heterocycles. The monoisotopic (exact) mass is 344 g/mol. The summed E-state index contributed by atoms with van der Waals surface area (Å²) in [4.78, 5) is 24.4. The molecular weight excluding hydrogens is 325 g/mol. The van der Waals surface area contributed by atoms with Gasteiger partial charge in [0.2, 0.25) is 5.91 Å². The topological polar surface area (TPSA) is 58.6 Å². The molecule has 1 N–H and O–H groups in total. The molecule has 1 aromatic rings. The summed E-state index contributed by atoms with van der Waals surface area (Å²) >= 11 is 0. The van der Waals surface area contributed by atoms with Crippen LogP contribution in [0.15, 0.2) is 24.3 Å². The van der Waals surface area contributed by atoms with Crippen molar-refractivity contribution in [3.8, 4) is 5.75 Å². The van der Waals surface area contributed by atoms with Crippen LogP contribution in [0.1, 0.15) is 19.8 Å². The fourth-order valence-corrected chi connectivity index (χ4v) is 2.64. The van der Waals surface area contributed by atoms with E-state index in [0.717, 1.165) is 0 Å². The number of nitrogens with zero attached hydrogens (tertiary/aromatic N) is 1. The Kier molecular flexibility index (Phi) is 5.69. The Labute approximate surface area is 137 Å². The number of halogens is 3. The molecule has 1 aliphatic heterocycles. The number of hydrogen-bond acceptors (Lipinski definition) is 3. The first-order valence-corrected chi connectivity index (χ1v) is 7.71. The van der Waals surface area contributed by atoms with Gasteiger partial charge in [-0.25, -0.2) is 0 Å². The molecule has 5 nitrogen and oxygen atoms in total. The molecule has 1 atom stereocenters. The molecule has 132 valence electrons. The third-order valence-corrected chi connectivity index (χ3v) is 3.77. The number of hydrogen-bond donors (Lipinski definition) is 1. The van der Waals surface area contributed by atoms with E-state index in [4.69, 9.17) is 4.74 Å². The highest BCUT2D eigenvalue weighted by atomic mass is 19.4. The van der Waals surface area contributed by atoms with Crippen molar-refractivity contribution in [1.82, 2.24) is 4.90 Å². The first-order valence-electron chi connectivity index (χ1n) is 7.71. The lowest BCUT2D eigenvalue weighted by Crippen LogP contribution is -2.48. The van der Waals surface area contributed by atoms with Gasteiger partial charge in [-0.3, -0.25) is 9.59 Å². The number of rotatable bonds is 4. The van der Waals surface area contributed by atoms with Crippen LogP contribution in [0.5, 0.6) is 5.75 Å². The van der Waals surface area contributed by atoms with Crippen molar-refractivity contribution in [2.45, 2.75) is 25.9 Å². The number of anilines is 1. The first kappa shape index (κ1) is 18.1. The summed E-state index contributed by atoms with van der Waals surface area (Å²) in [5.74, 6) is -2.50. The standard InChI is InChI=1S/C16H19F3N2O3/c1-2-24-13-8-4-3-7-12(13)20-14(22)11-6-5-9-21(10-11)15(23)16(17,18)19/h3-4,7-8,11H,2,5-6,9-10H2,1H3,(H,20,22). The van der Waals surface area contributed by atoms with Crippen LogP contribution in [0, 0.1) is 5.92 Å². The van der Waals surface area contributed by atoms with Crippen molar-refractivity contribution in [2.24, 2.45) is 5.92 Å². The van der Waals surface area contributed by atoms with E-state index in [9.17, 15) is 22.8 Å². The number of likely N-dealkylation sites (tertiary alicyclic amines) is 1. The summed E-state index contributed by atoms with van der Waals surface area (Å²) in [7, 11) is 0. The van der Waals surface area contributed by atoms with Gasteiger partial charge in [-0.2, -0.15) is 13.2 Å². The number of amides is 2. The van der Waals surface area contributed by atoms with Crippen LogP contribution in [0.25, 0.3) is 0 Å². The lowest BCUT2D eigenvalue weighted by molar-refractivity contribution is -0.187. The molecular formula is C16H19F3N2O3. The molecule has 2 rings (SSSR count). The van der Waals surface area contributed by atoms with Gasteiger partial charge in [-0.1, -0.05) is 12.1 Å². The van der Waals surface area contributed by atoms with Crippen LogP contribution in [-0.2, 0) is 9.59 Å². The molecule has 1 saturated heterocycles. The predicted molar refractivity (Wildman–Crippen MR) is 81.6 cm³/mol. The molecule has 0 spiro atoms. The first-order chi connectivity index (χ1) is 11.3. The number of ether oxygens (including phenoxy) is 1. The van der Waals surface area contributed by atoms with Crippen molar-refractivity contribution in [3.05, 3.63) is 24.3 Å². The molecule has 8 heteroatoms. The average Bonchev–Trinajstić information content (AvgIpc) is 2.55. The van der Waals surface area contributed by atoms with Crippen molar-refractivity contribution in [2.75, 3.05) is 25.0 Å². The summed E-state index contributed by atoms with van der Waals surface area (Å²) in [6, 6.07) is 6.83. The van der Waals surface area contributed by atoms with Gasteiger partial charge in [0, 0.05) is 13.1 Å². The minimum atomic E-state index is -4.92. The van der Waals surface area contributed by atoms with E-state index in [1.807, 2.05) is 0 Å². The minimum absolute atomic E-state index is 0.0116. The number of benzene rings is 1. The zero-order valence-electron chi connectivity index (χ0n) is 13.2. The van der Waals surface area contributed by atoms with Crippen molar-refractivity contribution >= 4 is 17.5 Å². The number of nitrogens with one attached hydrogen (secondary N) is 1. The van der Waals surface area contributed by atoms with E-state index in [2.05, 4.69) is 5.32 Å². The fraction of sp³-hybridized carbons (Fsp3) is 0.500. The van der Waals surface area contributed by atoms with Gasteiger partial charge in [0.25, 0.3) is 0 Å². The zero-order chi connectivity index (χ0) is 17.7. The molecule has 24 heavy (non-hydrogen) atoms. The second-order valence-corrected chi connectivity index (χ2v) is 5.51. The Balaban J connectivity index is 2.04. The summed E-state index contributed by atoms with van der Waals surface area (Å²) < 4.78 is 43.0. The molecule has 1 fully saturated rings. The van der Waals surface area contributed by atoms with Crippen LogP contribution in [0.3, 0.4) is 0 Å².